The molecule has 0 radical (unpaired) electrons. The minimum atomic E-state index is -0.182. The topological polar surface area (TPSA) is 74.8 Å². The van der Waals surface area contributed by atoms with Crippen LogP contribution in [-0.2, 0) is 6.61 Å². The highest BCUT2D eigenvalue weighted by molar-refractivity contribution is 7.07. The number of piperazine rings is 1. The number of anilines is 1. The number of aromatic nitrogens is 1. The Labute approximate surface area is 178 Å². The van der Waals surface area contributed by atoms with Gasteiger partial charge in [-0.05, 0) is 24.3 Å². The van der Waals surface area contributed by atoms with Gasteiger partial charge in [0, 0.05) is 48.9 Å². The van der Waals surface area contributed by atoms with E-state index in [9.17, 15) is 9.59 Å². The first kappa shape index (κ1) is 19.9. The summed E-state index contributed by atoms with van der Waals surface area (Å²) in [5.41, 5.74) is 3.98. The predicted octanol–water partition coefficient (Wildman–Crippen LogP) is 3.71. The van der Waals surface area contributed by atoms with Gasteiger partial charge in [0.15, 0.2) is 0 Å². The Kier molecular flexibility index (Phi) is 6.24. The van der Waals surface area contributed by atoms with Crippen LogP contribution in [0.25, 0.3) is 0 Å². The smallest absolute Gasteiger partial charge is 0.321 e. The molecule has 8 heteroatoms. The molecule has 1 N–H and O–H groups in total. The van der Waals surface area contributed by atoms with E-state index >= 15 is 0 Å². The lowest BCUT2D eigenvalue weighted by molar-refractivity contribution is 0.0671. The Morgan fingerprint density at radius 3 is 2.50 bits per heavy atom. The second kappa shape index (κ2) is 9.41. The van der Waals surface area contributed by atoms with Crippen LogP contribution in [0.4, 0.5) is 10.5 Å². The van der Waals surface area contributed by atoms with Crippen molar-refractivity contribution in [2.24, 2.45) is 0 Å². The van der Waals surface area contributed by atoms with Crippen molar-refractivity contribution in [1.29, 1.82) is 0 Å². The number of nitrogens with one attached hydrogen (secondary N) is 1. The number of thiazole rings is 1. The lowest BCUT2D eigenvalue weighted by atomic mass is 10.2. The number of rotatable bonds is 5. The summed E-state index contributed by atoms with van der Waals surface area (Å²) in [5.74, 6) is 0.666. The second-order valence-corrected chi connectivity index (χ2v) is 7.59. The van der Waals surface area contributed by atoms with Gasteiger partial charge < -0.3 is 19.9 Å². The fourth-order valence-electron chi connectivity index (χ4n) is 3.21. The average molecular weight is 423 g/mol. The largest absolute Gasteiger partial charge is 0.487 e. The lowest BCUT2D eigenvalue weighted by Gasteiger charge is -2.34. The van der Waals surface area contributed by atoms with Crippen LogP contribution < -0.4 is 10.1 Å². The molecule has 1 fully saturated rings. The van der Waals surface area contributed by atoms with Crippen LogP contribution in [-0.4, -0.2) is 52.9 Å². The van der Waals surface area contributed by atoms with Gasteiger partial charge in [0.25, 0.3) is 5.91 Å². The number of benzene rings is 2. The number of carbonyl (C=O) groups excluding carboxylic acids is 2. The molecule has 1 saturated heterocycles. The SMILES string of the molecule is O=C(Nc1cccc(OCc2cscn2)c1)N1CCN(C(=O)c2ccccc2)CC1. The Balaban J connectivity index is 1.28. The van der Waals surface area contributed by atoms with Crippen LogP contribution >= 0.6 is 11.3 Å². The Morgan fingerprint density at radius 2 is 1.77 bits per heavy atom. The van der Waals surface area contributed by atoms with Crippen LogP contribution in [0.1, 0.15) is 16.1 Å². The number of hydrogen-bond donors (Lipinski definition) is 1. The number of amides is 3. The lowest BCUT2D eigenvalue weighted by Crippen LogP contribution is -2.51. The van der Waals surface area contributed by atoms with Gasteiger partial charge in [-0.1, -0.05) is 24.3 Å². The minimum absolute atomic E-state index is 0.000574. The summed E-state index contributed by atoms with van der Waals surface area (Å²) in [6.45, 7) is 2.39. The highest BCUT2D eigenvalue weighted by Gasteiger charge is 2.24. The summed E-state index contributed by atoms with van der Waals surface area (Å²) in [6.07, 6.45) is 0. The van der Waals surface area contributed by atoms with Gasteiger partial charge in [-0.3, -0.25) is 4.79 Å². The third kappa shape index (κ3) is 4.96. The first-order chi connectivity index (χ1) is 14.7. The molecule has 3 aromatic rings. The van der Waals surface area contributed by atoms with E-state index in [2.05, 4.69) is 10.3 Å². The molecule has 0 bridgehead atoms. The molecule has 0 aliphatic carbocycles. The molecule has 0 spiro atoms. The van der Waals surface area contributed by atoms with Crippen LogP contribution in [0.2, 0.25) is 0 Å². The van der Waals surface area contributed by atoms with Crippen LogP contribution in [0.15, 0.2) is 65.5 Å². The summed E-state index contributed by atoms with van der Waals surface area (Å²) in [7, 11) is 0. The van der Waals surface area contributed by atoms with E-state index in [1.54, 1.807) is 21.4 Å². The van der Waals surface area contributed by atoms with Crippen LogP contribution in [0.3, 0.4) is 0 Å². The van der Waals surface area contributed by atoms with Crippen LogP contribution in [0.5, 0.6) is 5.75 Å². The zero-order valence-corrected chi connectivity index (χ0v) is 17.2. The molecular weight excluding hydrogens is 400 g/mol. The molecule has 3 amide bonds. The summed E-state index contributed by atoms with van der Waals surface area (Å²) < 4.78 is 5.74. The van der Waals surface area contributed by atoms with Gasteiger partial charge in [0.05, 0.1) is 11.2 Å². The van der Waals surface area contributed by atoms with E-state index < -0.39 is 0 Å². The zero-order chi connectivity index (χ0) is 20.8. The van der Waals surface area contributed by atoms with Crippen LogP contribution in [0, 0.1) is 0 Å². The molecule has 30 heavy (non-hydrogen) atoms. The van der Waals surface area contributed by atoms with E-state index in [1.165, 1.54) is 11.3 Å². The van der Waals surface area contributed by atoms with Crippen molar-refractivity contribution in [3.05, 3.63) is 76.7 Å². The highest BCUT2D eigenvalue weighted by atomic mass is 32.1. The van der Waals surface area contributed by atoms with Crippen molar-refractivity contribution in [3.63, 3.8) is 0 Å². The molecule has 7 nitrogen and oxygen atoms in total. The van der Waals surface area contributed by atoms with Gasteiger partial charge in [0.1, 0.15) is 12.4 Å². The van der Waals surface area contributed by atoms with E-state index in [4.69, 9.17) is 4.74 Å². The predicted molar refractivity (Wildman–Crippen MR) is 116 cm³/mol. The summed E-state index contributed by atoms with van der Waals surface area (Å²) in [5, 5.41) is 4.85. The fourth-order valence-corrected chi connectivity index (χ4v) is 3.75. The number of carbonyl (C=O) groups is 2. The quantitative estimate of drug-likeness (QED) is 0.680. The average Bonchev–Trinajstić information content (AvgIpc) is 3.32. The Morgan fingerprint density at radius 1 is 1.00 bits per heavy atom. The number of urea groups is 1. The summed E-state index contributed by atoms with van der Waals surface area (Å²) in [4.78, 5) is 32.9. The number of nitrogens with zero attached hydrogens (tertiary/aromatic N) is 3. The van der Waals surface area contributed by atoms with E-state index in [0.717, 1.165) is 5.69 Å². The van der Waals surface area contributed by atoms with Crippen molar-refractivity contribution in [3.8, 4) is 5.75 Å². The minimum Gasteiger partial charge on any atom is -0.487 e. The maximum atomic E-state index is 12.6. The molecule has 1 aliphatic rings. The van der Waals surface area contributed by atoms with Gasteiger partial charge in [0.2, 0.25) is 0 Å². The van der Waals surface area contributed by atoms with E-state index in [-0.39, 0.29) is 11.9 Å². The molecule has 0 atom stereocenters. The van der Waals surface area contributed by atoms with E-state index in [0.29, 0.717) is 49.8 Å². The molecule has 0 unspecified atom stereocenters. The summed E-state index contributed by atoms with van der Waals surface area (Å²) in [6, 6.07) is 16.3. The molecule has 1 aromatic heterocycles. The second-order valence-electron chi connectivity index (χ2n) is 6.87. The first-order valence-corrected chi connectivity index (χ1v) is 10.6. The zero-order valence-electron chi connectivity index (χ0n) is 16.4. The summed E-state index contributed by atoms with van der Waals surface area (Å²) >= 11 is 1.52. The Bertz CT molecular complexity index is 987. The first-order valence-electron chi connectivity index (χ1n) is 9.69. The third-order valence-corrected chi connectivity index (χ3v) is 5.47. The van der Waals surface area contributed by atoms with Gasteiger partial charge in [-0.15, -0.1) is 11.3 Å². The Hall–Kier alpha value is -3.39. The highest BCUT2D eigenvalue weighted by Crippen LogP contribution is 2.19. The van der Waals surface area contributed by atoms with Gasteiger partial charge in [-0.25, -0.2) is 9.78 Å². The van der Waals surface area contributed by atoms with Gasteiger partial charge >= 0.3 is 6.03 Å². The van der Waals surface area contributed by atoms with Crippen molar-refractivity contribution in [2.75, 3.05) is 31.5 Å². The normalized spacial score (nSPS) is 13.7. The third-order valence-electron chi connectivity index (χ3n) is 4.83. The maximum absolute atomic E-state index is 12.6. The number of hydrogen-bond acceptors (Lipinski definition) is 5. The van der Waals surface area contributed by atoms with Gasteiger partial charge in [-0.2, -0.15) is 0 Å². The standard InChI is InChI=1S/C22H22N4O3S/c27-21(17-5-2-1-3-6-17)25-9-11-26(12-10-25)22(28)24-18-7-4-8-20(13-18)29-14-19-15-30-16-23-19/h1-8,13,15-16H,9-12,14H2,(H,24,28). The number of ether oxygens (including phenoxy) is 1. The molecule has 2 heterocycles. The molecule has 1 aliphatic heterocycles. The molecular formula is C22H22N4O3S. The van der Waals surface area contributed by atoms with E-state index in [1.807, 2.05) is 53.9 Å². The maximum Gasteiger partial charge on any atom is 0.321 e. The van der Waals surface area contributed by atoms with Crippen molar-refractivity contribution in [1.82, 2.24) is 14.8 Å². The molecule has 154 valence electrons. The monoisotopic (exact) mass is 422 g/mol. The fraction of sp³-hybridized carbons (Fsp3) is 0.227. The molecule has 4 rings (SSSR count). The molecule has 2 aromatic carbocycles. The molecule has 0 saturated carbocycles. The van der Waals surface area contributed by atoms with Crippen molar-refractivity contribution >= 4 is 29.0 Å². The van der Waals surface area contributed by atoms with Crippen molar-refractivity contribution < 1.29 is 14.3 Å². The van der Waals surface area contributed by atoms with Crippen molar-refractivity contribution in [2.45, 2.75) is 6.61 Å².